The molecule has 0 aliphatic rings. The third-order valence-corrected chi connectivity index (χ3v) is 6.04. The van der Waals surface area contributed by atoms with E-state index >= 15 is 0 Å². The molecule has 0 bridgehead atoms. The van der Waals surface area contributed by atoms with Crippen molar-refractivity contribution in [3.63, 3.8) is 0 Å². The predicted molar refractivity (Wildman–Crippen MR) is 112 cm³/mol. The maximum atomic E-state index is 13.5. The van der Waals surface area contributed by atoms with Crippen LogP contribution in [0.1, 0.15) is 11.3 Å². The van der Waals surface area contributed by atoms with Crippen LogP contribution < -0.4 is 5.32 Å². The van der Waals surface area contributed by atoms with Crippen LogP contribution in [0.15, 0.2) is 53.9 Å². The van der Waals surface area contributed by atoms with Crippen molar-refractivity contribution in [2.24, 2.45) is 0 Å². The SMILES string of the molecule is O=C(Cc1csc(-c2ccccc2Cl)n1)NCCSCc1ccccc1F. The van der Waals surface area contributed by atoms with Gasteiger partial charge in [0.25, 0.3) is 0 Å². The lowest BCUT2D eigenvalue weighted by atomic mass is 10.2. The molecule has 1 heterocycles. The second-order valence-electron chi connectivity index (χ2n) is 5.79. The van der Waals surface area contributed by atoms with Crippen molar-refractivity contribution >= 4 is 40.6 Å². The topological polar surface area (TPSA) is 42.0 Å². The third kappa shape index (κ3) is 5.79. The summed E-state index contributed by atoms with van der Waals surface area (Å²) in [5, 5.41) is 6.21. The highest BCUT2D eigenvalue weighted by molar-refractivity contribution is 7.98. The van der Waals surface area contributed by atoms with Crippen LogP contribution in [0, 0.1) is 5.82 Å². The first-order chi connectivity index (χ1) is 13.1. The zero-order valence-electron chi connectivity index (χ0n) is 14.5. The molecule has 3 aromatic rings. The number of amides is 1. The standard InChI is InChI=1S/C20H18ClFN2OS2/c21-17-7-3-2-6-16(17)20-24-15(13-27-20)11-19(25)23-9-10-26-12-14-5-1-4-8-18(14)22/h1-8,13H,9-12H2,(H,23,25). The summed E-state index contributed by atoms with van der Waals surface area (Å²) in [7, 11) is 0. The predicted octanol–water partition coefficient (Wildman–Crippen LogP) is 5.19. The zero-order valence-corrected chi connectivity index (χ0v) is 16.8. The minimum atomic E-state index is -0.188. The Morgan fingerprint density at radius 3 is 2.78 bits per heavy atom. The molecule has 0 saturated heterocycles. The second kappa shape index (κ2) is 9.88. The molecule has 140 valence electrons. The molecule has 0 saturated carbocycles. The van der Waals surface area contributed by atoms with E-state index in [-0.39, 0.29) is 18.1 Å². The Balaban J connectivity index is 1.41. The summed E-state index contributed by atoms with van der Waals surface area (Å²) in [5.41, 5.74) is 2.29. The minimum absolute atomic E-state index is 0.0718. The van der Waals surface area contributed by atoms with Crippen LogP contribution in [0.2, 0.25) is 5.02 Å². The van der Waals surface area contributed by atoms with Crippen molar-refractivity contribution < 1.29 is 9.18 Å². The van der Waals surface area contributed by atoms with E-state index in [2.05, 4.69) is 10.3 Å². The fraction of sp³-hybridized carbons (Fsp3) is 0.200. The number of benzene rings is 2. The summed E-state index contributed by atoms with van der Waals surface area (Å²) in [4.78, 5) is 16.6. The fourth-order valence-electron chi connectivity index (χ4n) is 2.43. The molecule has 0 unspecified atom stereocenters. The van der Waals surface area contributed by atoms with Crippen LogP contribution in [0.25, 0.3) is 10.6 Å². The average molecular weight is 421 g/mol. The lowest BCUT2D eigenvalue weighted by molar-refractivity contribution is -0.120. The monoisotopic (exact) mass is 420 g/mol. The largest absolute Gasteiger partial charge is 0.355 e. The molecule has 3 nitrogen and oxygen atoms in total. The summed E-state index contributed by atoms with van der Waals surface area (Å²) in [6, 6.07) is 14.3. The van der Waals surface area contributed by atoms with Gasteiger partial charge in [-0.15, -0.1) is 11.3 Å². The fourth-order valence-corrected chi connectivity index (χ4v) is 4.42. The van der Waals surface area contributed by atoms with Crippen molar-refractivity contribution in [2.75, 3.05) is 12.3 Å². The Morgan fingerprint density at radius 2 is 1.96 bits per heavy atom. The van der Waals surface area contributed by atoms with Gasteiger partial charge in [0.1, 0.15) is 10.8 Å². The molecule has 0 aliphatic carbocycles. The number of aromatic nitrogens is 1. The zero-order chi connectivity index (χ0) is 19.1. The van der Waals surface area contributed by atoms with E-state index in [0.29, 0.717) is 22.9 Å². The molecule has 0 aliphatic heterocycles. The first-order valence-corrected chi connectivity index (χ1v) is 10.8. The molecular weight excluding hydrogens is 403 g/mol. The smallest absolute Gasteiger partial charge is 0.226 e. The minimum Gasteiger partial charge on any atom is -0.355 e. The van der Waals surface area contributed by atoms with E-state index in [0.717, 1.165) is 22.0 Å². The molecule has 0 fully saturated rings. The number of nitrogens with zero attached hydrogens (tertiary/aromatic N) is 1. The van der Waals surface area contributed by atoms with Crippen LogP contribution in [-0.2, 0) is 17.0 Å². The maximum absolute atomic E-state index is 13.5. The summed E-state index contributed by atoms with van der Waals surface area (Å²) in [5.74, 6) is 1.06. The van der Waals surface area contributed by atoms with Crippen LogP contribution >= 0.6 is 34.7 Å². The number of thiazole rings is 1. The van der Waals surface area contributed by atoms with E-state index in [1.165, 1.54) is 17.4 Å². The van der Waals surface area contributed by atoms with E-state index in [4.69, 9.17) is 11.6 Å². The first-order valence-electron chi connectivity index (χ1n) is 8.40. The van der Waals surface area contributed by atoms with Crippen molar-refractivity contribution in [3.05, 3.63) is 76.0 Å². The van der Waals surface area contributed by atoms with Crippen molar-refractivity contribution in [1.29, 1.82) is 0 Å². The molecule has 2 aromatic carbocycles. The Bertz CT molecular complexity index is 916. The first kappa shape index (κ1) is 19.9. The molecule has 1 N–H and O–H groups in total. The molecule has 1 amide bonds. The van der Waals surface area contributed by atoms with Crippen molar-refractivity contribution in [1.82, 2.24) is 10.3 Å². The van der Waals surface area contributed by atoms with Crippen LogP contribution in [0.5, 0.6) is 0 Å². The Hall–Kier alpha value is -1.89. The molecule has 3 rings (SSSR count). The number of hydrogen-bond donors (Lipinski definition) is 1. The average Bonchev–Trinajstić information content (AvgIpc) is 3.11. The van der Waals surface area contributed by atoms with Gasteiger partial charge in [-0.2, -0.15) is 11.8 Å². The van der Waals surface area contributed by atoms with Crippen LogP contribution in [0.4, 0.5) is 4.39 Å². The van der Waals surface area contributed by atoms with Crippen LogP contribution in [-0.4, -0.2) is 23.2 Å². The van der Waals surface area contributed by atoms with Gasteiger partial charge < -0.3 is 5.32 Å². The highest BCUT2D eigenvalue weighted by Crippen LogP contribution is 2.30. The third-order valence-electron chi connectivity index (χ3n) is 3.78. The Labute approximate surface area is 171 Å². The molecule has 27 heavy (non-hydrogen) atoms. The van der Waals surface area contributed by atoms with E-state index < -0.39 is 0 Å². The number of nitrogens with one attached hydrogen (secondary N) is 1. The van der Waals surface area contributed by atoms with Gasteiger partial charge in [-0.25, -0.2) is 9.37 Å². The molecule has 7 heteroatoms. The second-order valence-corrected chi connectivity index (χ2v) is 8.17. The highest BCUT2D eigenvalue weighted by atomic mass is 35.5. The Morgan fingerprint density at radius 1 is 1.19 bits per heavy atom. The summed E-state index contributed by atoms with van der Waals surface area (Å²) >= 11 is 9.25. The van der Waals surface area contributed by atoms with Gasteiger partial charge in [0.15, 0.2) is 0 Å². The normalized spacial score (nSPS) is 10.7. The summed E-state index contributed by atoms with van der Waals surface area (Å²) < 4.78 is 13.5. The van der Waals surface area contributed by atoms with Gasteiger partial charge in [-0.1, -0.05) is 48.0 Å². The van der Waals surface area contributed by atoms with Crippen molar-refractivity contribution in [3.8, 4) is 10.6 Å². The number of carbonyl (C=O) groups excluding carboxylic acids is 1. The number of thioether (sulfide) groups is 1. The summed E-state index contributed by atoms with van der Waals surface area (Å²) in [6.07, 6.45) is 0.235. The lowest BCUT2D eigenvalue weighted by Crippen LogP contribution is -2.27. The molecule has 0 spiro atoms. The number of hydrogen-bond acceptors (Lipinski definition) is 4. The van der Waals surface area contributed by atoms with Crippen LogP contribution in [0.3, 0.4) is 0 Å². The van der Waals surface area contributed by atoms with E-state index in [9.17, 15) is 9.18 Å². The molecule has 0 atom stereocenters. The van der Waals surface area contributed by atoms with Gasteiger partial charge in [-0.3, -0.25) is 4.79 Å². The highest BCUT2D eigenvalue weighted by Gasteiger charge is 2.11. The van der Waals surface area contributed by atoms with E-state index in [1.54, 1.807) is 23.9 Å². The lowest BCUT2D eigenvalue weighted by Gasteiger charge is -2.05. The van der Waals surface area contributed by atoms with Crippen molar-refractivity contribution in [2.45, 2.75) is 12.2 Å². The molecule has 0 radical (unpaired) electrons. The van der Waals surface area contributed by atoms with Gasteiger partial charge in [0, 0.05) is 29.0 Å². The quantitative estimate of drug-likeness (QED) is 0.509. The van der Waals surface area contributed by atoms with Gasteiger partial charge in [-0.05, 0) is 17.7 Å². The van der Waals surface area contributed by atoms with E-state index in [1.807, 2.05) is 35.7 Å². The number of carbonyl (C=O) groups is 1. The van der Waals surface area contributed by atoms with Gasteiger partial charge in [0.05, 0.1) is 17.1 Å². The number of halogens is 2. The number of rotatable bonds is 8. The molecular formula is C20H18ClFN2OS2. The van der Waals surface area contributed by atoms with Gasteiger partial charge >= 0.3 is 0 Å². The Kier molecular flexibility index (Phi) is 7.26. The summed E-state index contributed by atoms with van der Waals surface area (Å²) in [6.45, 7) is 0.541. The maximum Gasteiger partial charge on any atom is 0.226 e. The molecule has 1 aromatic heterocycles. The van der Waals surface area contributed by atoms with Gasteiger partial charge in [0.2, 0.25) is 5.91 Å².